The molecule has 0 saturated heterocycles. The Morgan fingerprint density at radius 1 is 0.878 bits per heavy atom. The Bertz CT molecular complexity index is 1450. The number of fused-ring (bicyclic) bond motifs is 1. The van der Waals surface area contributed by atoms with Crippen LogP contribution in [0.5, 0.6) is 0 Å². The van der Waals surface area contributed by atoms with Gasteiger partial charge >= 0.3 is 0 Å². The van der Waals surface area contributed by atoms with E-state index in [1.807, 2.05) is 46.3 Å². The molecule has 41 heavy (non-hydrogen) atoms. The molecule has 2 amide bonds. The van der Waals surface area contributed by atoms with Crippen LogP contribution in [-0.2, 0) is 24.4 Å². The second kappa shape index (κ2) is 13.4. The van der Waals surface area contributed by atoms with Crippen molar-refractivity contribution in [3.8, 4) is 11.1 Å². The monoisotopic (exact) mass is 550 g/mol. The largest absolute Gasteiger partial charge is 0.332 e. The standard InChI is InChI=1S/C33H38N6O2/c1-3-17-39-32(14-16-35-39)33(41)37-21-20-36(24-27-9-5-4-6-10-27)18-8-19-38(26(2)40)31-13-12-28(22-30(31)25-37)29-11-7-15-34-23-29/h4-7,9-16,22-23H,3,8,17-21,24-25H2,1-2H3. The maximum absolute atomic E-state index is 14.1. The van der Waals surface area contributed by atoms with Gasteiger partial charge in [-0.1, -0.05) is 49.4 Å². The molecule has 3 heterocycles. The van der Waals surface area contributed by atoms with E-state index in [1.54, 1.807) is 30.1 Å². The first kappa shape index (κ1) is 28.2. The molecule has 212 valence electrons. The van der Waals surface area contributed by atoms with Gasteiger partial charge in [-0.05, 0) is 59.4 Å². The van der Waals surface area contributed by atoms with E-state index in [1.165, 1.54) is 5.56 Å². The molecule has 0 N–H and O–H groups in total. The maximum atomic E-state index is 14.1. The minimum absolute atomic E-state index is 0.00636. The molecule has 0 unspecified atom stereocenters. The van der Waals surface area contributed by atoms with Crippen LogP contribution in [0.3, 0.4) is 0 Å². The number of amides is 2. The predicted molar refractivity (Wildman–Crippen MR) is 161 cm³/mol. The number of anilines is 1. The van der Waals surface area contributed by atoms with Gasteiger partial charge in [0.2, 0.25) is 5.91 Å². The SMILES string of the molecule is CCCn1nccc1C(=O)N1CCN(Cc2ccccc2)CCCN(C(C)=O)c2ccc(-c3cccnc3)cc2C1. The van der Waals surface area contributed by atoms with Gasteiger partial charge in [0.25, 0.3) is 5.91 Å². The lowest BCUT2D eigenvalue weighted by molar-refractivity contribution is -0.116. The summed E-state index contributed by atoms with van der Waals surface area (Å²) in [6.07, 6.45) is 7.00. The Morgan fingerprint density at radius 2 is 1.73 bits per heavy atom. The molecule has 0 aliphatic carbocycles. The zero-order valence-electron chi connectivity index (χ0n) is 23.9. The minimum atomic E-state index is -0.0537. The van der Waals surface area contributed by atoms with Crippen molar-refractivity contribution in [2.45, 2.75) is 46.3 Å². The van der Waals surface area contributed by atoms with E-state index in [0.717, 1.165) is 54.9 Å². The van der Waals surface area contributed by atoms with Gasteiger partial charge < -0.3 is 9.80 Å². The average molecular weight is 551 g/mol. The van der Waals surface area contributed by atoms with Gasteiger partial charge in [0, 0.05) is 77.0 Å². The van der Waals surface area contributed by atoms with Gasteiger partial charge in [0.15, 0.2) is 0 Å². The quantitative estimate of drug-likeness (QED) is 0.328. The Labute approximate surface area is 242 Å². The maximum Gasteiger partial charge on any atom is 0.272 e. The van der Waals surface area contributed by atoms with Crippen molar-refractivity contribution in [1.29, 1.82) is 0 Å². The van der Waals surface area contributed by atoms with Gasteiger partial charge in [0.05, 0.1) is 0 Å². The van der Waals surface area contributed by atoms with E-state index in [-0.39, 0.29) is 11.8 Å². The Balaban J connectivity index is 1.54. The number of carbonyl (C=O) groups is 2. The van der Waals surface area contributed by atoms with Gasteiger partial charge in [-0.15, -0.1) is 0 Å². The van der Waals surface area contributed by atoms with E-state index in [4.69, 9.17) is 0 Å². The number of benzene rings is 2. The fourth-order valence-corrected chi connectivity index (χ4v) is 5.49. The molecule has 0 saturated carbocycles. The van der Waals surface area contributed by atoms with Gasteiger partial charge in [0.1, 0.15) is 5.69 Å². The molecule has 8 nitrogen and oxygen atoms in total. The molecule has 5 rings (SSSR count). The lowest BCUT2D eigenvalue weighted by Crippen LogP contribution is -2.39. The minimum Gasteiger partial charge on any atom is -0.332 e. The summed E-state index contributed by atoms with van der Waals surface area (Å²) in [5, 5.41) is 4.42. The van der Waals surface area contributed by atoms with E-state index < -0.39 is 0 Å². The number of aromatic nitrogens is 3. The molecule has 2 aromatic heterocycles. The summed E-state index contributed by atoms with van der Waals surface area (Å²) in [7, 11) is 0. The Kier molecular flexibility index (Phi) is 9.21. The molecule has 0 bridgehead atoms. The second-order valence-corrected chi connectivity index (χ2v) is 10.5. The number of rotatable bonds is 6. The van der Waals surface area contributed by atoms with Gasteiger partial charge in [-0.2, -0.15) is 5.10 Å². The van der Waals surface area contributed by atoms with Crippen LogP contribution in [0.2, 0.25) is 0 Å². The van der Waals surface area contributed by atoms with Crippen LogP contribution < -0.4 is 4.90 Å². The van der Waals surface area contributed by atoms with Crippen molar-refractivity contribution in [3.63, 3.8) is 0 Å². The first-order valence-electron chi connectivity index (χ1n) is 14.4. The lowest BCUT2D eigenvalue weighted by atomic mass is 10.0. The molecule has 1 aliphatic heterocycles. The summed E-state index contributed by atoms with van der Waals surface area (Å²) in [5.41, 5.74) is 5.60. The van der Waals surface area contributed by atoms with Crippen molar-refractivity contribution >= 4 is 17.5 Å². The highest BCUT2D eigenvalue weighted by Gasteiger charge is 2.25. The molecule has 1 aliphatic rings. The number of pyridine rings is 1. The van der Waals surface area contributed by atoms with Crippen molar-refractivity contribution in [1.82, 2.24) is 24.6 Å². The normalized spacial score (nSPS) is 14.8. The van der Waals surface area contributed by atoms with Crippen molar-refractivity contribution in [3.05, 3.63) is 102 Å². The smallest absolute Gasteiger partial charge is 0.272 e. The van der Waals surface area contributed by atoms with E-state index in [9.17, 15) is 9.59 Å². The molecule has 0 fully saturated rings. The number of nitrogens with zero attached hydrogens (tertiary/aromatic N) is 6. The molecule has 0 spiro atoms. The Morgan fingerprint density at radius 3 is 2.49 bits per heavy atom. The molecule has 0 atom stereocenters. The van der Waals surface area contributed by atoms with Crippen LogP contribution in [0, 0.1) is 0 Å². The Hall–Kier alpha value is -4.30. The van der Waals surface area contributed by atoms with Crippen molar-refractivity contribution in [2.75, 3.05) is 31.1 Å². The molecule has 8 heteroatoms. The number of hydrogen-bond donors (Lipinski definition) is 0. The molecule has 0 radical (unpaired) electrons. The highest BCUT2D eigenvalue weighted by atomic mass is 16.2. The molecular weight excluding hydrogens is 512 g/mol. The molecule has 4 aromatic rings. The van der Waals surface area contributed by atoms with E-state index in [0.29, 0.717) is 31.9 Å². The lowest BCUT2D eigenvalue weighted by Gasteiger charge is -2.28. The first-order chi connectivity index (χ1) is 20.0. The van der Waals surface area contributed by atoms with Crippen LogP contribution in [0.15, 0.2) is 85.3 Å². The van der Waals surface area contributed by atoms with Gasteiger partial charge in [-0.25, -0.2) is 0 Å². The second-order valence-electron chi connectivity index (χ2n) is 10.5. The number of hydrogen-bond acceptors (Lipinski definition) is 5. The average Bonchev–Trinajstić information content (AvgIpc) is 3.45. The fourth-order valence-electron chi connectivity index (χ4n) is 5.49. The zero-order valence-corrected chi connectivity index (χ0v) is 23.9. The summed E-state index contributed by atoms with van der Waals surface area (Å²) in [6, 6.07) is 22.3. The summed E-state index contributed by atoms with van der Waals surface area (Å²) in [6.45, 7) is 8.25. The zero-order chi connectivity index (χ0) is 28.6. The summed E-state index contributed by atoms with van der Waals surface area (Å²) in [5.74, 6) is -0.0601. The third-order valence-electron chi connectivity index (χ3n) is 7.56. The predicted octanol–water partition coefficient (Wildman–Crippen LogP) is 5.26. The van der Waals surface area contributed by atoms with Crippen molar-refractivity contribution in [2.24, 2.45) is 0 Å². The summed E-state index contributed by atoms with van der Waals surface area (Å²) >= 11 is 0. The fraction of sp³-hybridized carbons (Fsp3) is 0.333. The van der Waals surface area contributed by atoms with Crippen LogP contribution in [0.25, 0.3) is 11.1 Å². The van der Waals surface area contributed by atoms with Crippen LogP contribution in [-0.4, -0.2) is 62.6 Å². The van der Waals surface area contributed by atoms with E-state index >= 15 is 0 Å². The summed E-state index contributed by atoms with van der Waals surface area (Å²) in [4.78, 5) is 37.5. The van der Waals surface area contributed by atoms with Crippen molar-refractivity contribution < 1.29 is 9.59 Å². The summed E-state index contributed by atoms with van der Waals surface area (Å²) < 4.78 is 1.80. The van der Waals surface area contributed by atoms with Gasteiger partial charge in [-0.3, -0.25) is 24.2 Å². The first-order valence-corrected chi connectivity index (χ1v) is 14.4. The topological polar surface area (TPSA) is 74.6 Å². The molecular formula is C33H38N6O2. The van der Waals surface area contributed by atoms with E-state index in [2.05, 4.69) is 52.2 Å². The van der Waals surface area contributed by atoms with Crippen LogP contribution in [0.1, 0.15) is 48.3 Å². The highest BCUT2D eigenvalue weighted by molar-refractivity contribution is 5.94. The van der Waals surface area contributed by atoms with Crippen LogP contribution >= 0.6 is 0 Å². The number of aryl methyl sites for hydroxylation is 1. The molecule has 2 aromatic carbocycles. The van der Waals surface area contributed by atoms with Crippen LogP contribution in [0.4, 0.5) is 5.69 Å². The third-order valence-corrected chi connectivity index (χ3v) is 7.56. The highest BCUT2D eigenvalue weighted by Crippen LogP contribution is 2.30. The number of carbonyl (C=O) groups excluding carboxylic acids is 2. The third kappa shape index (κ3) is 6.89.